The first-order chi connectivity index (χ1) is 10.0. The largest absolute Gasteiger partial charge is 0.481 e. The molecule has 0 aliphatic carbocycles. The number of carboxylic acids is 1. The van der Waals surface area contributed by atoms with Crippen molar-refractivity contribution in [1.29, 1.82) is 0 Å². The van der Waals surface area contributed by atoms with Crippen molar-refractivity contribution >= 4 is 28.3 Å². The predicted molar refractivity (Wildman–Crippen MR) is 82.2 cm³/mol. The highest BCUT2D eigenvalue weighted by molar-refractivity contribution is 6.04. The van der Waals surface area contributed by atoms with E-state index in [1.807, 2.05) is 31.2 Å². The summed E-state index contributed by atoms with van der Waals surface area (Å²) in [5.74, 6) is -1.16. The van der Waals surface area contributed by atoms with Crippen LogP contribution in [0.15, 0.2) is 36.4 Å². The average molecular weight is 286 g/mol. The first kappa shape index (κ1) is 14.8. The minimum absolute atomic E-state index is 0.0763. The fourth-order valence-electron chi connectivity index (χ4n) is 2.25. The summed E-state index contributed by atoms with van der Waals surface area (Å²) >= 11 is 0. The summed E-state index contributed by atoms with van der Waals surface area (Å²) in [5.41, 5.74) is 6.80. The average Bonchev–Trinajstić information content (AvgIpc) is 2.46. The molecule has 0 aliphatic rings. The lowest BCUT2D eigenvalue weighted by molar-refractivity contribution is -0.137. The van der Waals surface area contributed by atoms with Crippen molar-refractivity contribution in [2.75, 3.05) is 18.8 Å². The fraction of sp³-hybridized carbons (Fsp3) is 0.250. The first-order valence-electron chi connectivity index (χ1n) is 6.82. The highest BCUT2D eigenvalue weighted by atomic mass is 16.4. The number of hydrogen-bond donors (Lipinski definition) is 2. The van der Waals surface area contributed by atoms with Gasteiger partial charge >= 0.3 is 5.97 Å². The van der Waals surface area contributed by atoms with Gasteiger partial charge in [-0.2, -0.15) is 0 Å². The number of aliphatic carboxylic acids is 1. The lowest BCUT2D eigenvalue weighted by Gasteiger charge is -2.21. The van der Waals surface area contributed by atoms with Gasteiger partial charge in [-0.1, -0.05) is 24.3 Å². The Morgan fingerprint density at radius 2 is 1.81 bits per heavy atom. The molecule has 0 unspecified atom stereocenters. The molecule has 1 amide bonds. The molecule has 5 nitrogen and oxygen atoms in total. The van der Waals surface area contributed by atoms with Gasteiger partial charge in [0.05, 0.1) is 12.0 Å². The topological polar surface area (TPSA) is 83.6 Å². The zero-order valence-electron chi connectivity index (χ0n) is 11.9. The van der Waals surface area contributed by atoms with E-state index in [0.717, 1.165) is 10.8 Å². The van der Waals surface area contributed by atoms with Crippen LogP contribution in [-0.4, -0.2) is 35.0 Å². The number of benzene rings is 2. The van der Waals surface area contributed by atoms with E-state index in [0.29, 0.717) is 17.8 Å². The lowest BCUT2D eigenvalue weighted by atomic mass is 10.0. The molecule has 0 saturated carbocycles. The molecule has 21 heavy (non-hydrogen) atoms. The molecule has 0 bridgehead atoms. The van der Waals surface area contributed by atoms with Gasteiger partial charge in [-0.3, -0.25) is 9.59 Å². The third-order valence-electron chi connectivity index (χ3n) is 3.41. The van der Waals surface area contributed by atoms with Crippen molar-refractivity contribution in [1.82, 2.24) is 4.90 Å². The molecular formula is C16H18N2O3. The van der Waals surface area contributed by atoms with Gasteiger partial charge in [0, 0.05) is 18.8 Å². The Labute approximate surface area is 123 Å². The smallest absolute Gasteiger partial charge is 0.305 e. The number of carbonyl (C=O) groups is 2. The second kappa shape index (κ2) is 6.26. The maximum Gasteiger partial charge on any atom is 0.305 e. The van der Waals surface area contributed by atoms with Crippen molar-refractivity contribution in [2.45, 2.75) is 13.3 Å². The summed E-state index contributed by atoms with van der Waals surface area (Å²) in [6, 6.07) is 11.2. The second-order valence-electron chi connectivity index (χ2n) is 4.82. The quantitative estimate of drug-likeness (QED) is 0.826. The number of hydrogen-bond acceptors (Lipinski definition) is 3. The van der Waals surface area contributed by atoms with E-state index in [2.05, 4.69) is 0 Å². The second-order valence-corrected chi connectivity index (χ2v) is 4.82. The Morgan fingerprint density at radius 3 is 2.38 bits per heavy atom. The van der Waals surface area contributed by atoms with Crippen molar-refractivity contribution in [3.05, 3.63) is 42.0 Å². The van der Waals surface area contributed by atoms with Gasteiger partial charge in [-0.15, -0.1) is 0 Å². The van der Waals surface area contributed by atoms with Gasteiger partial charge in [0.2, 0.25) is 0 Å². The number of rotatable bonds is 5. The molecule has 3 N–H and O–H groups in total. The minimum Gasteiger partial charge on any atom is -0.481 e. The van der Waals surface area contributed by atoms with E-state index >= 15 is 0 Å². The summed E-state index contributed by atoms with van der Waals surface area (Å²) in [5, 5.41) is 10.7. The molecule has 0 heterocycles. The Bertz CT molecular complexity index is 682. The maximum atomic E-state index is 12.5. The number of fused-ring (bicyclic) bond motifs is 1. The highest BCUT2D eigenvalue weighted by Gasteiger charge is 2.18. The Hall–Kier alpha value is -2.56. The van der Waals surface area contributed by atoms with Crippen LogP contribution in [0.4, 0.5) is 5.69 Å². The molecule has 0 saturated heterocycles. The maximum absolute atomic E-state index is 12.5. The zero-order valence-corrected chi connectivity index (χ0v) is 11.9. The Morgan fingerprint density at radius 1 is 1.19 bits per heavy atom. The molecule has 0 radical (unpaired) electrons. The molecule has 2 aromatic rings. The number of carbonyl (C=O) groups excluding carboxylic acids is 1. The Balaban J connectivity index is 2.32. The molecule has 0 aromatic heterocycles. The normalized spacial score (nSPS) is 10.5. The van der Waals surface area contributed by atoms with E-state index < -0.39 is 5.97 Å². The number of nitrogens with zero attached hydrogens (tertiary/aromatic N) is 1. The monoisotopic (exact) mass is 286 g/mol. The minimum atomic E-state index is -0.923. The molecule has 5 heteroatoms. The van der Waals surface area contributed by atoms with Crippen LogP contribution in [0.3, 0.4) is 0 Å². The summed E-state index contributed by atoms with van der Waals surface area (Å²) in [6.07, 6.45) is -0.0763. The van der Waals surface area contributed by atoms with E-state index in [9.17, 15) is 9.59 Å². The Kier molecular flexibility index (Phi) is 4.42. The van der Waals surface area contributed by atoms with Crippen LogP contribution in [0.1, 0.15) is 23.7 Å². The van der Waals surface area contributed by atoms with Crippen LogP contribution < -0.4 is 5.73 Å². The molecule has 2 aromatic carbocycles. The number of carboxylic acid groups (broad SMARTS) is 1. The fourth-order valence-corrected chi connectivity index (χ4v) is 2.25. The SMILES string of the molecule is CCN(CCC(=O)O)C(=O)c1cc2ccccc2cc1N. The van der Waals surface area contributed by atoms with Crippen molar-refractivity contribution in [3.63, 3.8) is 0 Å². The molecule has 0 aliphatic heterocycles. The zero-order chi connectivity index (χ0) is 15.4. The van der Waals surface area contributed by atoms with Crippen LogP contribution in [-0.2, 0) is 4.79 Å². The van der Waals surface area contributed by atoms with Crippen molar-refractivity contribution in [2.24, 2.45) is 0 Å². The summed E-state index contributed by atoms with van der Waals surface area (Å²) < 4.78 is 0. The molecule has 0 atom stereocenters. The number of nitrogen functional groups attached to an aromatic ring is 1. The standard InChI is InChI=1S/C16H18N2O3/c1-2-18(8-7-15(19)20)16(21)13-9-11-5-3-4-6-12(11)10-14(13)17/h3-6,9-10H,2,7-8,17H2,1H3,(H,19,20). The van der Waals surface area contributed by atoms with Gasteiger partial charge in [-0.25, -0.2) is 0 Å². The van der Waals surface area contributed by atoms with Gasteiger partial charge in [-0.05, 0) is 29.8 Å². The van der Waals surface area contributed by atoms with Gasteiger partial charge in [0.25, 0.3) is 5.91 Å². The summed E-state index contributed by atoms with van der Waals surface area (Å²) in [6.45, 7) is 2.44. The van der Waals surface area contributed by atoms with Crippen molar-refractivity contribution < 1.29 is 14.7 Å². The predicted octanol–water partition coefficient (Wildman–Crippen LogP) is 2.36. The summed E-state index contributed by atoms with van der Waals surface area (Å²) in [7, 11) is 0. The van der Waals surface area contributed by atoms with Gasteiger partial charge in [0.1, 0.15) is 0 Å². The van der Waals surface area contributed by atoms with Crippen LogP contribution in [0.2, 0.25) is 0 Å². The first-order valence-corrected chi connectivity index (χ1v) is 6.82. The third kappa shape index (κ3) is 3.31. The van der Waals surface area contributed by atoms with E-state index in [1.54, 1.807) is 12.1 Å². The molecular weight excluding hydrogens is 268 g/mol. The van der Waals surface area contributed by atoms with Crippen LogP contribution in [0, 0.1) is 0 Å². The van der Waals surface area contributed by atoms with Gasteiger partial charge in [0.15, 0.2) is 0 Å². The van der Waals surface area contributed by atoms with Crippen LogP contribution in [0.5, 0.6) is 0 Å². The van der Waals surface area contributed by atoms with Crippen LogP contribution in [0.25, 0.3) is 10.8 Å². The highest BCUT2D eigenvalue weighted by Crippen LogP contribution is 2.23. The lowest BCUT2D eigenvalue weighted by Crippen LogP contribution is -2.33. The summed E-state index contributed by atoms with van der Waals surface area (Å²) in [4.78, 5) is 24.7. The van der Waals surface area contributed by atoms with E-state index in [4.69, 9.17) is 10.8 Å². The molecule has 0 fully saturated rings. The number of nitrogens with two attached hydrogens (primary N) is 1. The number of amides is 1. The third-order valence-corrected chi connectivity index (χ3v) is 3.41. The molecule has 2 rings (SSSR count). The van der Waals surface area contributed by atoms with Gasteiger partial charge < -0.3 is 15.7 Å². The van der Waals surface area contributed by atoms with E-state index in [1.165, 1.54) is 4.90 Å². The van der Waals surface area contributed by atoms with E-state index in [-0.39, 0.29) is 18.9 Å². The molecule has 110 valence electrons. The molecule has 0 spiro atoms. The van der Waals surface area contributed by atoms with Crippen LogP contribution >= 0.6 is 0 Å². The number of anilines is 1. The van der Waals surface area contributed by atoms with Crippen molar-refractivity contribution in [3.8, 4) is 0 Å².